The summed E-state index contributed by atoms with van der Waals surface area (Å²) in [5.41, 5.74) is 0. The lowest BCUT2D eigenvalue weighted by atomic mass is 10.0. The van der Waals surface area contributed by atoms with Gasteiger partial charge in [-0.05, 0) is 51.9 Å². The second kappa shape index (κ2) is 8.23. The van der Waals surface area contributed by atoms with Gasteiger partial charge < -0.3 is 10.2 Å². The molecule has 2 unspecified atom stereocenters. The average Bonchev–Trinajstić information content (AvgIpc) is 2.72. The Morgan fingerprint density at radius 2 is 1.89 bits per heavy atom. The summed E-state index contributed by atoms with van der Waals surface area (Å²) in [5.74, 6) is 1.64. The van der Waals surface area contributed by atoms with Crippen LogP contribution < -0.4 is 5.32 Å². The van der Waals surface area contributed by atoms with Crippen molar-refractivity contribution in [3.63, 3.8) is 0 Å². The number of hydrogen-bond acceptors (Lipinski definition) is 3. The van der Waals surface area contributed by atoms with Crippen LogP contribution in [0.3, 0.4) is 0 Å². The Balaban J connectivity index is 2.43. The van der Waals surface area contributed by atoms with Gasteiger partial charge in [0.15, 0.2) is 0 Å². The minimum absolute atomic E-state index is 0.613. The van der Waals surface area contributed by atoms with E-state index in [0.29, 0.717) is 6.04 Å². The fraction of sp³-hybridized carbons (Fsp3) is 1.00. The van der Waals surface area contributed by atoms with Gasteiger partial charge in [-0.1, -0.05) is 27.7 Å². The minimum atomic E-state index is 0.613. The zero-order valence-corrected chi connectivity index (χ0v) is 13.9. The summed E-state index contributed by atoms with van der Waals surface area (Å²) < 4.78 is 0. The van der Waals surface area contributed by atoms with Crippen LogP contribution in [-0.4, -0.2) is 62.2 Å². The van der Waals surface area contributed by atoms with Crippen LogP contribution in [-0.2, 0) is 0 Å². The summed E-state index contributed by atoms with van der Waals surface area (Å²) in [4.78, 5) is 5.07. The first kappa shape index (κ1) is 16.9. The lowest BCUT2D eigenvalue weighted by Crippen LogP contribution is -2.42. The predicted molar refractivity (Wildman–Crippen MR) is 84.6 cm³/mol. The molecule has 1 rings (SSSR count). The number of nitrogens with zero attached hydrogens (tertiary/aromatic N) is 2. The van der Waals surface area contributed by atoms with Gasteiger partial charge in [-0.15, -0.1) is 0 Å². The van der Waals surface area contributed by atoms with Gasteiger partial charge in [-0.25, -0.2) is 0 Å². The maximum Gasteiger partial charge on any atom is 0.0225 e. The molecule has 3 heteroatoms. The molecule has 1 N–H and O–H groups in total. The molecule has 1 aliphatic heterocycles. The number of rotatable bonds is 8. The molecule has 1 saturated heterocycles. The van der Waals surface area contributed by atoms with E-state index in [9.17, 15) is 0 Å². The molecule has 0 spiro atoms. The van der Waals surface area contributed by atoms with E-state index in [1.807, 2.05) is 0 Å². The first-order valence-corrected chi connectivity index (χ1v) is 8.00. The Hall–Kier alpha value is -0.120. The lowest BCUT2D eigenvalue weighted by Gasteiger charge is -2.31. The summed E-state index contributed by atoms with van der Waals surface area (Å²) in [6, 6.07) is 1.35. The van der Waals surface area contributed by atoms with Crippen molar-refractivity contribution in [1.82, 2.24) is 15.1 Å². The topological polar surface area (TPSA) is 18.5 Å². The Morgan fingerprint density at radius 3 is 2.42 bits per heavy atom. The second-order valence-corrected chi connectivity index (χ2v) is 7.26. The van der Waals surface area contributed by atoms with Crippen LogP contribution in [0.25, 0.3) is 0 Å². The van der Waals surface area contributed by atoms with Crippen molar-refractivity contribution >= 4 is 0 Å². The van der Waals surface area contributed by atoms with Crippen LogP contribution in [0.5, 0.6) is 0 Å². The number of likely N-dealkylation sites (N-methyl/N-ethyl adjacent to an activating group) is 1. The molecular weight excluding hydrogens is 234 g/mol. The molecule has 0 aromatic rings. The van der Waals surface area contributed by atoms with E-state index in [1.54, 1.807) is 0 Å². The highest BCUT2D eigenvalue weighted by Gasteiger charge is 2.28. The van der Waals surface area contributed by atoms with E-state index in [1.165, 1.54) is 39.0 Å². The van der Waals surface area contributed by atoms with Gasteiger partial charge in [-0.2, -0.15) is 0 Å². The summed E-state index contributed by atoms with van der Waals surface area (Å²) in [5, 5.41) is 3.59. The van der Waals surface area contributed by atoms with Crippen molar-refractivity contribution < 1.29 is 0 Å². The Bertz CT molecular complexity index is 228. The minimum Gasteiger partial charge on any atom is -0.314 e. The van der Waals surface area contributed by atoms with Gasteiger partial charge >= 0.3 is 0 Å². The van der Waals surface area contributed by atoms with Crippen molar-refractivity contribution in [1.29, 1.82) is 0 Å². The number of likely N-dealkylation sites (tertiary alicyclic amines) is 1. The van der Waals surface area contributed by atoms with Crippen molar-refractivity contribution in [3.8, 4) is 0 Å². The third-order valence-corrected chi connectivity index (χ3v) is 3.97. The fourth-order valence-corrected chi connectivity index (χ4v) is 3.07. The van der Waals surface area contributed by atoms with E-state index in [-0.39, 0.29) is 0 Å². The molecule has 2 atom stereocenters. The molecule has 0 aromatic heterocycles. The lowest BCUT2D eigenvalue weighted by molar-refractivity contribution is 0.166. The van der Waals surface area contributed by atoms with Crippen LogP contribution in [0.1, 0.15) is 40.5 Å². The summed E-state index contributed by atoms with van der Waals surface area (Å²) in [7, 11) is 4.39. The molecule has 0 amide bonds. The smallest absolute Gasteiger partial charge is 0.0225 e. The quantitative estimate of drug-likeness (QED) is 0.729. The summed E-state index contributed by atoms with van der Waals surface area (Å²) in [6.45, 7) is 14.1. The zero-order chi connectivity index (χ0) is 14.4. The molecule has 1 heterocycles. The monoisotopic (exact) mass is 269 g/mol. The molecule has 0 radical (unpaired) electrons. The van der Waals surface area contributed by atoms with Crippen LogP contribution in [0.4, 0.5) is 0 Å². The van der Waals surface area contributed by atoms with Crippen molar-refractivity contribution in [2.75, 3.05) is 40.3 Å². The highest BCUT2D eigenvalue weighted by atomic mass is 15.2. The molecule has 0 aromatic carbocycles. The summed E-state index contributed by atoms with van der Waals surface area (Å²) >= 11 is 0. The van der Waals surface area contributed by atoms with Gasteiger partial charge in [0.05, 0.1) is 0 Å². The largest absolute Gasteiger partial charge is 0.314 e. The Labute approximate surface area is 120 Å². The highest BCUT2D eigenvalue weighted by molar-refractivity contribution is 4.84. The molecule has 1 aliphatic rings. The fourth-order valence-electron chi connectivity index (χ4n) is 3.07. The molecular formula is C16H35N3. The first-order valence-electron chi connectivity index (χ1n) is 8.00. The SMILES string of the molecule is CC(C)CC(CN(C)C)N1CCC(CNC(C)C)C1. The maximum absolute atomic E-state index is 3.59. The van der Waals surface area contributed by atoms with E-state index >= 15 is 0 Å². The van der Waals surface area contributed by atoms with E-state index in [4.69, 9.17) is 0 Å². The highest BCUT2D eigenvalue weighted by Crippen LogP contribution is 2.22. The third-order valence-electron chi connectivity index (χ3n) is 3.97. The molecule has 0 aliphatic carbocycles. The zero-order valence-electron chi connectivity index (χ0n) is 13.9. The van der Waals surface area contributed by atoms with Crippen LogP contribution in [0.2, 0.25) is 0 Å². The van der Waals surface area contributed by atoms with E-state index in [2.05, 4.69) is 56.9 Å². The van der Waals surface area contributed by atoms with Gasteiger partial charge in [0, 0.05) is 25.2 Å². The molecule has 0 bridgehead atoms. The average molecular weight is 269 g/mol. The second-order valence-electron chi connectivity index (χ2n) is 7.26. The van der Waals surface area contributed by atoms with E-state index in [0.717, 1.165) is 17.9 Å². The van der Waals surface area contributed by atoms with Gasteiger partial charge in [0.25, 0.3) is 0 Å². The molecule has 114 valence electrons. The summed E-state index contributed by atoms with van der Waals surface area (Å²) in [6.07, 6.45) is 2.68. The number of nitrogens with one attached hydrogen (secondary N) is 1. The Kier molecular flexibility index (Phi) is 7.33. The van der Waals surface area contributed by atoms with Gasteiger partial charge in [0.2, 0.25) is 0 Å². The third kappa shape index (κ3) is 6.73. The van der Waals surface area contributed by atoms with Crippen molar-refractivity contribution in [2.45, 2.75) is 52.6 Å². The molecule has 3 nitrogen and oxygen atoms in total. The molecule has 1 fully saturated rings. The molecule has 0 saturated carbocycles. The van der Waals surface area contributed by atoms with Gasteiger partial charge in [-0.3, -0.25) is 4.90 Å². The first-order chi connectivity index (χ1) is 8.88. The van der Waals surface area contributed by atoms with Gasteiger partial charge in [0.1, 0.15) is 0 Å². The van der Waals surface area contributed by atoms with Crippen LogP contribution in [0.15, 0.2) is 0 Å². The normalized spacial score (nSPS) is 22.9. The number of hydrogen-bond donors (Lipinski definition) is 1. The molecule has 19 heavy (non-hydrogen) atoms. The maximum atomic E-state index is 3.59. The van der Waals surface area contributed by atoms with Crippen LogP contribution in [0, 0.1) is 11.8 Å². The predicted octanol–water partition coefficient (Wildman–Crippen LogP) is 2.28. The Morgan fingerprint density at radius 1 is 1.21 bits per heavy atom. The van der Waals surface area contributed by atoms with Crippen molar-refractivity contribution in [3.05, 3.63) is 0 Å². The van der Waals surface area contributed by atoms with E-state index < -0.39 is 0 Å². The van der Waals surface area contributed by atoms with Crippen LogP contribution >= 0.6 is 0 Å². The van der Waals surface area contributed by atoms with Crippen molar-refractivity contribution in [2.24, 2.45) is 11.8 Å². The standard InChI is InChI=1S/C16H35N3/c1-13(2)9-16(12-18(5)6)19-8-7-15(11-19)10-17-14(3)4/h13-17H,7-12H2,1-6H3.